The van der Waals surface area contributed by atoms with E-state index in [0.29, 0.717) is 5.56 Å². The first-order chi connectivity index (χ1) is 9.08. The Labute approximate surface area is 123 Å². The van der Waals surface area contributed by atoms with Crippen molar-refractivity contribution >= 4 is 23.2 Å². The largest absolute Gasteiger partial charge is 0.204 e. The highest BCUT2D eigenvalue weighted by Crippen LogP contribution is 2.36. The van der Waals surface area contributed by atoms with Crippen LogP contribution < -0.4 is 0 Å². The Hall–Kier alpha value is -0.340. The van der Waals surface area contributed by atoms with Crippen LogP contribution in [0.3, 0.4) is 0 Å². The molecule has 0 saturated heterocycles. The maximum absolute atomic E-state index is 13.2. The lowest BCUT2D eigenvalue weighted by molar-refractivity contribution is 0.331. The molecule has 1 fully saturated rings. The smallest absolute Gasteiger partial charge is 0.160 e. The van der Waals surface area contributed by atoms with Gasteiger partial charge in [-0.3, -0.25) is 0 Å². The molecule has 1 saturated carbocycles. The third-order valence-corrected chi connectivity index (χ3v) is 4.71. The first kappa shape index (κ1) is 15.1. The van der Waals surface area contributed by atoms with Gasteiger partial charge in [-0.1, -0.05) is 43.7 Å². The zero-order valence-electron chi connectivity index (χ0n) is 10.8. The molecule has 106 valence electrons. The van der Waals surface area contributed by atoms with Gasteiger partial charge < -0.3 is 0 Å². The molecule has 0 nitrogen and oxygen atoms in total. The van der Waals surface area contributed by atoms with E-state index in [4.69, 9.17) is 23.2 Å². The van der Waals surface area contributed by atoms with Gasteiger partial charge in [0.1, 0.15) is 0 Å². The van der Waals surface area contributed by atoms with Gasteiger partial charge in [0.05, 0.1) is 5.38 Å². The van der Waals surface area contributed by atoms with Crippen molar-refractivity contribution in [2.45, 2.75) is 50.3 Å². The van der Waals surface area contributed by atoms with Gasteiger partial charge in [-0.25, -0.2) is 8.78 Å². The summed E-state index contributed by atoms with van der Waals surface area (Å²) in [5, 5.41) is -0.132. The molecule has 0 aliphatic heterocycles. The van der Waals surface area contributed by atoms with Crippen LogP contribution in [0.4, 0.5) is 8.78 Å². The normalized spacial score (nSPS) is 18.5. The van der Waals surface area contributed by atoms with Gasteiger partial charge in [-0.2, -0.15) is 0 Å². The molecule has 1 aliphatic carbocycles. The maximum atomic E-state index is 13.2. The zero-order chi connectivity index (χ0) is 13.8. The molecule has 0 amide bonds. The molecule has 0 N–H and O–H groups in total. The van der Waals surface area contributed by atoms with Gasteiger partial charge in [-0.15, -0.1) is 11.6 Å². The fourth-order valence-corrected chi connectivity index (χ4v) is 3.44. The van der Waals surface area contributed by atoms with Crippen LogP contribution in [0.5, 0.6) is 0 Å². The van der Waals surface area contributed by atoms with Crippen molar-refractivity contribution in [3.8, 4) is 0 Å². The van der Waals surface area contributed by atoms with Gasteiger partial charge in [-0.05, 0) is 36.5 Å². The average Bonchev–Trinajstić information content (AvgIpc) is 2.41. The number of rotatable bonds is 4. The van der Waals surface area contributed by atoms with Gasteiger partial charge in [0.25, 0.3) is 0 Å². The minimum Gasteiger partial charge on any atom is -0.204 e. The zero-order valence-corrected chi connectivity index (χ0v) is 12.3. The Bertz CT molecular complexity index is 428. The van der Waals surface area contributed by atoms with E-state index < -0.39 is 11.6 Å². The molecule has 0 bridgehead atoms. The van der Waals surface area contributed by atoms with Crippen molar-refractivity contribution in [1.82, 2.24) is 0 Å². The molecule has 2 rings (SSSR count). The summed E-state index contributed by atoms with van der Waals surface area (Å²) >= 11 is 12.2. The fraction of sp³-hybridized carbons (Fsp3) is 0.600. The van der Waals surface area contributed by atoms with Crippen molar-refractivity contribution in [3.63, 3.8) is 0 Å². The van der Waals surface area contributed by atoms with Crippen molar-refractivity contribution in [2.75, 3.05) is 0 Å². The Balaban J connectivity index is 1.95. The van der Waals surface area contributed by atoms with E-state index in [1.165, 1.54) is 32.1 Å². The molecule has 0 heterocycles. The van der Waals surface area contributed by atoms with Crippen molar-refractivity contribution in [3.05, 3.63) is 34.4 Å². The molecule has 1 aliphatic rings. The van der Waals surface area contributed by atoms with Crippen molar-refractivity contribution < 1.29 is 8.78 Å². The molecule has 1 aromatic carbocycles. The third-order valence-electron chi connectivity index (χ3n) is 3.93. The molecule has 0 aromatic heterocycles. The van der Waals surface area contributed by atoms with E-state index in [1.807, 2.05) is 0 Å². The van der Waals surface area contributed by atoms with Crippen molar-refractivity contribution in [2.24, 2.45) is 5.92 Å². The molecular formula is C15H18Cl2F2. The fourth-order valence-electron chi connectivity index (χ4n) is 2.79. The van der Waals surface area contributed by atoms with E-state index in [-0.39, 0.29) is 10.4 Å². The molecule has 1 atom stereocenters. The third kappa shape index (κ3) is 4.06. The molecule has 0 spiro atoms. The standard InChI is InChI=1S/C15H18Cl2F2/c16-12(7-6-10-4-2-1-3-5-10)11-8-14(18)15(19)9-13(11)17/h8-10,12H,1-7H2. The van der Waals surface area contributed by atoms with Crippen LogP contribution >= 0.6 is 23.2 Å². The SMILES string of the molecule is Fc1cc(Cl)c(C(Cl)CCC2CCCCC2)cc1F. The van der Waals surface area contributed by atoms with E-state index in [1.54, 1.807) is 0 Å². The summed E-state index contributed by atoms with van der Waals surface area (Å²) in [5.41, 5.74) is 0.498. The second kappa shape index (κ2) is 6.90. The van der Waals surface area contributed by atoms with Crippen LogP contribution in [0, 0.1) is 17.6 Å². The maximum Gasteiger partial charge on any atom is 0.160 e. The summed E-state index contributed by atoms with van der Waals surface area (Å²) in [6.07, 6.45) is 8.23. The number of hydrogen-bond donors (Lipinski definition) is 0. The summed E-state index contributed by atoms with van der Waals surface area (Å²) < 4.78 is 26.2. The summed E-state index contributed by atoms with van der Waals surface area (Å²) in [6, 6.07) is 2.12. The van der Waals surface area contributed by atoms with Gasteiger partial charge in [0.2, 0.25) is 0 Å². The molecule has 1 aromatic rings. The number of alkyl halides is 1. The molecule has 0 radical (unpaired) electrons. The minimum atomic E-state index is -0.926. The Morgan fingerprint density at radius 3 is 2.42 bits per heavy atom. The summed E-state index contributed by atoms with van der Waals surface area (Å²) in [4.78, 5) is 0. The lowest BCUT2D eigenvalue weighted by Gasteiger charge is -2.22. The predicted molar refractivity (Wildman–Crippen MR) is 75.8 cm³/mol. The lowest BCUT2D eigenvalue weighted by Crippen LogP contribution is -2.07. The topological polar surface area (TPSA) is 0 Å². The van der Waals surface area contributed by atoms with Gasteiger partial charge in [0.15, 0.2) is 11.6 Å². The summed E-state index contributed by atoms with van der Waals surface area (Å²) in [5.74, 6) is -1.09. The van der Waals surface area contributed by atoms with Crippen LogP contribution in [-0.2, 0) is 0 Å². The number of benzene rings is 1. The predicted octanol–water partition coefficient (Wildman–Crippen LogP) is 6.26. The van der Waals surface area contributed by atoms with E-state index >= 15 is 0 Å². The Morgan fingerprint density at radius 1 is 1.11 bits per heavy atom. The molecular weight excluding hydrogens is 289 g/mol. The van der Waals surface area contributed by atoms with Crippen LogP contribution in [-0.4, -0.2) is 0 Å². The number of hydrogen-bond acceptors (Lipinski definition) is 0. The van der Waals surface area contributed by atoms with E-state index in [0.717, 1.165) is 30.9 Å². The number of halogens is 4. The van der Waals surface area contributed by atoms with E-state index in [9.17, 15) is 8.78 Å². The molecule has 19 heavy (non-hydrogen) atoms. The first-order valence-corrected chi connectivity index (χ1v) is 7.68. The Kier molecular flexibility index (Phi) is 5.47. The molecule has 4 heteroatoms. The van der Waals surface area contributed by atoms with Crippen LogP contribution in [0.15, 0.2) is 12.1 Å². The highest BCUT2D eigenvalue weighted by molar-refractivity contribution is 6.32. The quantitative estimate of drug-likeness (QED) is 0.455. The average molecular weight is 307 g/mol. The second-order valence-electron chi connectivity index (χ2n) is 5.34. The summed E-state index contributed by atoms with van der Waals surface area (Å²) in [6.45, 7) is 0. The van der Waals surface area contributed by atoms with Crippen LogP contribution in [0.2, 0.25) is 5.02 Å². The highest BCUT2D eigenvalue weighted by Gasteiger charge is 2.19. The highest BCUT2D eigenvalue weighted by atomic mass is 35.5. The van der Waals surface area contributed by atoms with Crippen LogP contribution in [0.25, 0.3) is 0 Å². The first-order valence-electron chi connectivity index (χ1n) is 6.86. The van der Waals surface area contributed by atoms with Crippen molar-refractivity contribution in [1.29, 1.82) is 0 Å². The van der Waals surface area contributed by atoms with Gasteiger partial charge >= 0.3 is 0 Å². The Morgan fingerprint density at radius 2 is 1.74 bits per heavy atom. The monoisotopic (exact) mass is 306 g/mol. The summed E-state index contributed by atoms with van der Waals surface area (Å²) in [7, 11) is 0. The second-order valence-corrected chi connectivity index (χ2v) is 6.27. The lowest BCUT2D eigenvalue weighted by atomic mass is 9.85. The molecule has 1 unspecified atom stereocenters. The van der Waals surface area contributed by atoms with Gasteiger partial charge in [0, 0.05) is 5.02 Å². The van der Waals surface area contributed by atoms with Crippen LogP contribution in [0.1, 0.15) is 55.9 Å². The minimum absolute atomic E-state index is 0.211. The van der Waals surface area contributed by atoms with E-state index in [2.05, 4.69) is 0 Å².